The second-order valence-electron chi connectivity index (χ2n) is 3.55. The first-order valence-electron chi connectivity index (χ1n) is 5.89. The summed E-state index contributed by atoms with van der Waals surface area (Å²) in [7, 11) is 0. The Morgan fingerprint density at radius 3 is 2.63 bits per heavy atom. The highest BCUT2D eigenvalue weighted by molar-refractivity contribution is 6.99. The van der Waals surface area contributed by atoms with Crippen LogP contribution in [0.3, 0.4) is 0 Å². The highest BCUT2D eigenvalue weighted by atomic mass is 35.5. The van der Waals surface area contributed by atoms with Crippen molar-refractivity contribution in [2.24, 2.45) is 0 Å². The lowest BCUT2D eigenvalue weighted by Gasteiger charge is -2.13. The summed E-state index contributed by atoms with van der Waals surface area (Å²) >= 11 is 6.97. The smallest absolute Gasteiger partial charge is 0.187 e. The van der Waals surface area contributed by atoms with E-state index in [1.165, 1.54) is 0 Å². The third-order valence-corrected chi connectivity index (χ3v) is 3.16. The maximum absolute atomic E-state index is 5.92. The van der Waals surface area contributed by atoms with Crippen molar-refractivity contribution in [2.75, 3.05) is 18.5 Å². The van der Waals surface area contributed by atoms with Gasteiger partial charge in [0.1, 0.15) is 11.5 Å². The molecule has 0 saturated heterocycles. The van der Waals surface area contributed by atoms with Crippen LogP contribution in [0.25, 0.3) is 0 Å². The van der Waals surface area contributed by atoms with Crippen molar-refractivity contribution in [3.05, 3.63) is 23.4 Å². The Kier molecular flexibility index (Phi) is 4.81. The number of hydrogen-bond donors (Lipinski definition) is 1. The summed E-state index contributed by atoms with van der Waals surface area (Å²) in [5, 5.41) is 3.45. The standard InChI is InChI=1S/C12H14ClN3O2S/c1-3-17-8-5-6-10(18-4-2)9(7-8)14-12-11(13)15-19-16-12/h5-7H,3-4H2,1-2H3,(H,14,16). The molecule has 5 nitrogen and oxygen atoms in total. The fourth-order valence-electron chi connectivity index (χ4n) is 1.52. The molecular weight excluding hydrogens is 286 g/mol. The minimum absolute atomic E-state index is 0.342. The molecule has 1 N–H and O–H groups in total. The molecule has 1 heterocycles. The fraction of sp³-hybridized carbons (Fsp3) is 0.333. The summed E-state index contributed by atoms with van der Waals surface area (Å²) in [5.74, 6) is 1.99. The van der Waals surface area contributed by atoms with E-state index in [-0.39, 0.29) is 0 Å². The number of hydrogen-bond acceptors (Lipinski definition) is 6. The van der Waals surface area contributed by atoms with Gasteiger partial charge in [0.25, 0.3) is 0 Å². The minimum atomic E-state index is 0.342. The summed E-state index contributed by atoms with van der Waals surface area (Å²) in [5.41, 5.74) is 0.752. The minimum Gasteiger partial charge on any atom is -0.494 e. The van der Waals surface area contributed by atoms with Crippen LogP contribution in [0.15, 0.2) is 18.2 Å². The van der Waals surface area contributed by atoms with Gasteiger partial charge in [-0.15, -0.1) is 0 Å². The summed E-state index contributed by atoms with van der Waals surface area (Å²) in [4.78, 5) is 0. The summed E-state index contributed by atoms with van der Waals surface area (Å²) in [6.45, 7) is 5.04. The lowest BCUT2D eigenvalue weighted by Crippen LogP contribution is -2.00. The average Bonchev–Trinajstić information content (AvgIpc) is 2.79. The van der Waals surface area contributed by atoms with Crippen LogP contribution in [-0.4, -0.2) is 22.0 Å². The third kappa shape index (κ3) is 3.48. The van der Waals surface area contributed by atoms with Crippen molar-refractivity contribution in [1.82, 2.24) is 8.75 Å². The quantitative estimate of drug-likeness (QED) is 0.880. The van der Waals surface area contributed by atoms with Crippen LogP contribution < -0.4 is 14.8 Å². The van der Waals surface area contributed by atoms with E-state index in [9.17, 15) is 0 Å². The normalized spacial score (nSPS) is 10.3. The number of halogens is 1. The van der Waals surface area contributed by atoms with Gasteiger partial charge in [-0.3, -0.25) is 0 Å². The second-order valence-corrected chi connectivity index (χ2v) is 4.44. The molecule has 2 rings (SSSR count). The maximum atomic E-state index is 5.92. The molecule has 0 aliphatic rings. The topological polar surface area (TPSA) is 56.3 Å². The Morgan fingerprint density at radius 1 is 1.21 bits per heavy atom. The van der Waals surface area contributed by atoms with Crippen LogP contribution in [0, 0.1) is 0 Å². The Morgan fingerprint density at radius 2 is 2.00 bits per heavy atom. The summed E-state index contributed by atoms with van der Waals surface area (Å²) < 4.78 is 19.0. The summed E-state index contributed by atoms with van der Waals surface area (Å²) in [6, 6.07) is 5.56. The molecule has 0 saturated carbocycles. The number of anilines is 2. The lowest BCUT2D eigenvalue weighted by molar-refractivity contribution is 0.332. The molecule has 0 fully saturated rings. The summed E-state index contributed by atoms with van der Waals surface area (Å²) in [6.07, 6.45) is 0. The first kappa shape index (κ1) is 13.9. The number of nitrogens with zero attached hydrogens (tertiary/aromatic N) is 2. The number of rotatable bonds is 6. The highest BCUT2D eigenvalue weighted by Gasteiger charge is 2.10. The van der Waals surface area contributed by atoms with Crippen LogP contribution in [-0.2, 0) is 0 Å². The Hall–Kier alpha value is -1.53. The predicted molar refractivity (Wildman–Crippen MR) is 77.0 cm³/mol. The average molecular weight is 300 g/mol. The molecule has 0 spiro atoms. The number of benzene rings is 1. The zero-order valence-electron chi connectivity index (χ0n) is 10.6. The monoisotopic (exact) mass is 299 g/mol. The number of nitrogens with one attached hydrogen (secondary N) is 1. The molecule has 2 aromatic rings. The van der Waals surface area contributed by atoms with Crippen LogP contribution in [0.1, 0.15) is 13.8 Å². The van der Waals surface area contributed by atoms with E-state index in [1.807, 2.05) is 32.0 Å². The fourth-order valence-corrected chi connectivity index (χ4v) is 2.17. The van der Waals surface area contributed by atoms with Crippen LogP contribution in [0.2, 0.25) is 5.15 Å². The maximum Gasteiger partial charge on any atom is 0.187 e. The van der Waals surface area contributed by atoms with Gasteiger partial charge in [0.05, 0.1) is 30.6 Å². The predicted octanol–water partition coefficient (Wildman–Crippen LogP) is 3.73. The van der Waals surface area contributed by atoms with Gasteiger partial charge < -0.3 is 14.8 Å². The molecule has 0 radical (unpaired) electrons. The van der Waals surface area contributed by atoms with Gasteiger partial charge in [-0.05, 0) is 26.0 Å². The molecule has 19 heavy (non-hydrogen) atoms. The Balaban J connectivity index is 2.29. The van der Waals surface area contributed by atoms with Gasteiger partial charge in [-0.1, -0.05) is 11.6 Å². The Bertz CT molecular complexity index is 548. The lowest BCUT2D eigenvalue weighted by atomic mass is 10.2. The first-order valence-corrected chi connectivity index (χ1v) is 7.00. The van der Waals surface area contributed by atoms with Crippen molar-refractivity contribution >= 4 is 34.8 Å². The van der Waals surface area contributed by atoms with Gasteiger partial charge in [0.2, 0.25) is 0 Å². The SMILES string of the molecule is CCOc1ccc(OCC)c(Nc2nsnc2Cl)c1. The largest absolute Gasteiger partial charge is 0.494 e. The van der Waals surface area contributed by atoms with E-state index < -0.39 is 0 Å². The van der Waals surface area contributed by atoms with Crippen molar-refractivity contribution in [1.29, 1.82) is 0 Å². The van der Waals surface area contributed by atoms with Crippen LogP contribution in [0.5, 0.6) is 11.5 Å². The molecule has 1 aromatic heterocycles. The molecule has 0 unspecified atom stereocenters. The molecule has 0 bridgehead atoms. The number of ether oxygens (including phenoxy) is 2. The van der Waals surface area contributed by atoms with E-state index in [0.29, 0.717) is 24.2 Å². The zero-order valence-corrected chi connectivity index (χ0v) is 12.2. The van der Waals surface area contributed by atoms with E-state index >= 15 is 0 Å². The molecule has 1 aromatic carbocycles. The van der Waals surface area contributed by atoms with E-state index in [4.69, 9.17) is 21.1 Å². The van der Waals surface area contributed by atoms with Crippen LogP contribution >= 0.6 is 23.3 Å². The molecule has 7 heteroatoms. The van der Waals surface area contributed by atoms with Crippen molar-refractivity contribution < 1.29 is 9.47 Å². The zero-order chi connectivity index (χ0) is 13.7. The van der Waals surface area contributed by atoms with Crippen LogP contribution in [0.4, 0.5) is 11.5 Å². The highest BCUT2D eigenvalue weighted by Crippen LogP contribution is 2.33. The molecule has 102 valence electrons. The molecule has 0 amide bonds. The molecule has 0 aliphatic carbocycles. The second kappa shape index (κ2) is 6.58. The van der Waals surface area contributed by atoms with E-state index in [0.717, 1.165) is 28.9 Å². The van der Waals surface area contributed by atoms with Crippen molar-refractivity contribution in [3.63, 3.8) is 0 Å². The van der Waals surface area contributed by atoms with Gasteiger partial charge in [-0.25, -0.2) is 0 Å². The van der Waals surface area contributed by atoms with Gasteiger partial charge in [0, 0.05) is 6.07 Å². The van der Waals surface area contributed by atoms with E-state index in [1.54, 1.807) is 0 Å². The number of aromatic nitrogens is 2. The van der Waals surface area contributed by atoms with Gasteiger partial charge >= 0.3 is 0 Å². The Labute approximate surface area is 120 Å². The van der Waals surface area contributed by atoms with Crippen molar-refractivity contribution in [2.45, 2.75) is 13.8 Å². The molecular formula is C12H14ClN3O2S. The van der Waals surface area contributed by atoms with Gasteiger partial charge in [-0.2, -0.15) is 8.75 Å². The van der Waals surface area contributed by atoms with Crippen molar-refractivity contribution in [3.8, 4) is 11.5 Å². The first-order chi connectivity index (χ1) is 9.24. The third-order valence-electron chi connectivity index (χ3n) is 2.26. The molecule has 0 aliphatic heterocycles. The van der Waals surface area contributed by atoms with Gasteiger partial charge in [0.15, 0.2) is 11.0 Å². The van der Waals surface area contributed by atoms with E-state index in [2.05, 4.69) is 14.1 Å². The molecule has 0 atom stereocenters.